The van der Waals surface area contributed by atoms with Crippen molar-refractivity contribution in [3.8, 4) is 0 Å². The molecule has 1 unspecified atom stereocenters. The fourth-order valence-electron chi connectivity index (χ4n) is 5.18. The maximum absolute atomic E-state index is 13.7. The lowest BCUT2D eigenvalue weighted by atomic mass is 9.68. The summed E-state index contributed by atoms with van der Waals surface area (Å²) < 4.78 is 13.7. The van der Waals surface area contributed by atoms with Gasteiger partial charge in [0.1, 0.15) is 5.82 Å². The molecule has 1 atom stereocenters. The summed E-state index contributed by atoms with van der Waals surface area (Å²) in [6, 6.07) is 4.56. The molecule has 27 heavy (non-hydrogen) atoms. The Morgan fingerprint density at radius 1 is 1.26 bits per heavy atom. The summed E-state index contributed by atoms with van der Waals surface area (Å²) in [4.78, 5) is 15.1. The summed E-state index contributed by atoms with van der Waals surface area (Å²) in [5.41, 5.74) is 1.41. The van der Waals surface area contributed by atoms with Crippen molar-refractivity contribution in [3.63, 3.8) is 0 Å². The summed E-state index contributed by atoms with van der Waals surface area (Å²) in [6.45, 7) is 5.96. The van der Waals surface area contributed by atoms with Gasteiger partial charge >= 0.3 is 6.03 Å². The molecule has 148 valence electrons. The van der Waals surface area contributed by atoms with Crippen molar-refractivity contribution in [3.05, 3.63) is 29.6 Å². The highest BCUT2D eigenvalue weighted by Crippen LogP contribution is 2.48. The molecule has 2 N–H and O–H groups in total. The van der Waals surface area contributed by atoms with Crippen molar-refractivity contribution >= 4 is 11.7 Å². The molecule has 2 saturated carbocycles. The minimum atomic E-state index is -0.291. The number of anilines is 1. The Hall–Kier alpha value is -1.62. The average Bonchev–Trinajstić information content (AvgIpc) is 3.41. The van der Waals surface area contributed by atoms with E-state index in [-0.39, 0.29) is 11.8 Å². The van der Waals surface area contributed by atoms with E-state index in [1.807, 2.05) is 0 Å². The molecule has 5 heteroatoms. The van der Waals surface area contributed by atoms with Crippen LogP contribution >= 0.6 is 0 Å². The lowest BCUT2D eigenvalue weighted by Gasteiger charge is -2.38. The Kier molecular flexibility index (Phi) is 5.40. The zero-order valence-corrected chi connectivity index (χ0v) is 16.4. The van der Waals surface area contributed by atoms with Gasteiger partial charge in [0.05, 0.1) is 0 Å². The summed E-state index contributed by atoms with van der Waals surface area (Å²) in [5.74, 6) is 1.15. The molecular formula is C22H32FN3O. The molecule has 1 heterocycles. The maximum Gasteiger partial charge on any atom is 0.319 e. The van der Waals surface area contributed by atoms with Crippen LogP contribution in [0.1, 0.15) is 50.5 Å². The van der Waals surface area contributed by atoms with Gasteiger partial charge in [0, 0.05) is 37.4 Å². The Bertz CT molecular complexity index is 682. The number of urea groups is 1. The molecule has 1 spiro atoms. The second-order valence-electron chi connectivity index (χ2n) is 9.00. The minimum absolute atomic E-state index is 0.227. The Labute approximate surface area is 161 Å². The third kappa shape index (κ3) is 4.29. The van der Waals surface area contributed by atoms with E-state index in [0.29, 0.717) is 29.1 Å². The van der Waals surface area contributed by atoms with Crippen LogP contribution in [0.25, 0.3) is 0 Å². The second-order valence-corrected chi connectivity index (χ2v) is 9.00. The Morgan fingerprint density at radius 3 is 2.78 bits per heavy atom. The molecule has 1 aromatic rings. The molecule has 2 amide bonds. The minimum Gasteiger partial charge on any atom is -0.338 e. The van der Waals surface area contributed by atoms with Crippen LogP contribution in [0.5, 0.6) is 0 Å². The van der Waals surface area contributed by atoms with Crippen LogP contribution in [0.3, 0.4) is 0 Å². The van der Waals surface area contributed by atoms with Crippen molar-refractivity contribution < 1.29 is 9.18 Å². The van der Waals surface area contributed by atoms with Crippen molar-refractivity contribution in [2.45, 2.75) is 51.9 Å². The van der Waals surface area contributed by atoms with Crippen LogP contribution in [-0.2, 0) is 0 Å². The monoisotopic (exact) mass is 373 g/mol. The maximum atomic E-state index is 13.7. The van der Waals surface area contributed by atoms with Gasteiger partial charge in [-0.05, 0) is 62.0 Å². The van der Waals surface area contributed by atoms with Crippen molar-refractivity contribution in [1.29, 1.82) is 0 Å². The molecule has 1 aromatic carbocycles. The number of nitrogens with one attached hydrogen (secondary N) is 2. The number of nitrogens with zero attached hydrogens (tertiary/aromatic N) is 1. The number of carbonyl (C=O) groups excluding carboxylic acids is 1. The highest BCUT2D eigenvalue weighted by molar-refractivity contribution is 5.90. The lowest BCUT2D eigenvalue weighted by Crippen LogP contribution is -2.41. The number of benzene rings is 1. The number of amides is 2. The van der Waals surface area contributed by atoms with Crippen LogP contribution in [0, 0.1) is 30.0 Å². The van der Waals surface area contributed by atoms with Crippen LogP contribution in [-0.4, -0.2) is 37.1 Å². The zero-order chi connectivity index (χ0) is 18.9. The van der Waals surface area contributed by atoms with Crippen LogP contribution in [0.4, 0.5) is 14.9 Å². The van der Waals surface area contributed by atoms with Gasteiger partial charge in [0.2, 0.25) is 0 Å². The number of rotatable bonds is 5. The van der Waals surface area contributed by atoms with Gasteiger partial charge in [0.15, 0.2) is 0 Å². The van der Waals surface area contributed by atoms with Crippen LogP contribution < -0.4 is 10.6 Å². The largest absolute Gasteiger partial charge is 0.338 e. The topological polar surface area (TPSA) is 44.4 Å². The highest BCUT2D eigenvalue weighted by atomic mass is 19.1. The van der Waals surface area contributed by atoms with E-state index >= 15 is 0 Å². The molecule has 2 aliphatic carbocycles. The summed E-state index contributed by atoms with van der Waals surface area (Å²) in [5, 5.41) is 5.90. The molecule has 3 aliphatic rings. The van der Waals surface area contributed by atoms with E-state index in [4.69, 9.17) is 0 Å². The summed E-state index contributed by atoms with van der Waals surface area (Å²) in [7, 11) is 0. The van der Waals surface area contributed by atoms with Gasteiger partial charge < -0.3 is 15.5 Å². The summed E-state index contributed by atoms with van der Waals surface area (Å²) in [6.07, 6.45) is 9.37. The quantitative estimate of drug-likeness (QED) is 0.795. The van der Waals surface area contributed by atoms with Crippen molar-refractivity contribution in [2.75, 3.05) is 31.5 Å². The SMILES string of the molecule is Cc1c(F)cccc1NC(=O)NCC1CN(CC2CC2)CC12CCCCC2. The van der Waals surface area contributed by atoms with E-state index in [9.17, 15) is 9.18 Å². The second kappa shape index (κ2) is 7.78. The third-order valence-electron chi connectivity index (χ3n) is 6.97. The molecule has 0 bridgehead atoms. The number of hydrogen-bond acceptors (Lipinski definition) is 2. The molecular weight excluding hydrogens is 341 g/mol. The number of likely N-dealkylation sites (tertiary alicyclic amines) is 1. The first-order valence-corrected chi connectivity index (χ1v) is 10.6. The molecule has 3 fully saturated rings. The predicted octanol–water partition coefficient (Wildman–Crippen LogP) is 4.55. The normalized spacial score (nSPS) is 24.9. The third-order valence-corrected chi connectivity index (χ3v) is 6.97. The van der Waals surface area contributed by atoms with Crippen molar-refractivity contribution in [2.24, 2.45) is 17.3 Å². The van der Waals surface area contributed by atoms with Gasteiger partial charge in [-0.1, -0.05) is 25.3 Å². The molecule has 0 radical (unpaired) electrons. The number of carbonyl (C=O) groups is 1. The van der Waals surface area contributed by atoms with Crippen molar-refractivity contribution in [1.82, 2.24) is 10.2 Å². The lowest BCUT2D eigenvalue weighted by molar-refractivity contribution is 0.138. The van der Waals surface area contributed by atoms with Gasteiger partial charge in [-0.3, -0.25) is 0 Å². The van der Waals surface area contributed by atoms with E-state index < -0.39 is 0 Å². The van der Waals surface area contributed by atoms with Gasteiger partial charge in [-0.15, -0.1) is 0 Å². The summed E-state index contributed by atoms with van der Waals surface area (Å²) >= 11 is 0. The number of hydrogen-bond donors (Lipinski definition) is 2. The van der Waals surface area contributed by atoms with E-state index in [0.717, 1.165) is 12.5 Å². The van der Waals surface area contributed by atoms with E-state index in [1.165, 1.54) is 64.1 Å². The molecule has 0 aromatic heterocycles. The Balaban J connectivity index is 1.36. The molecule has 1 aliphatic heterocycles. The van der Waals surface area contributed by atoms with Crippen LogP contribution in [0.15, 0.2) is 18.2 Å². The fourth-order valence-corrected chi connectivity index (χ4v) is 5.18. The first-order valence-electron chi connectivity index (χ1n) is 10.6. The highest BCUT2D eigenvalue weighted by Gasteiger charge is 2.47. The smallest absolute Gasteiger partial charge is 0.319 e. The molecule has 4 rings (SSSR count). The molecule has 4 nitrogen and oxygen atoms in total. The zero-order valence-electron chi connectivity index (χ0n) is 16.4. The molecule has 1 saturated heterocycles. The van der Waals surface area contributed by atoms with Gasteiger partial charge in [0.25, 0.3) is 0 Å². The first-order chi connectivity index (χ1) is 13.1. The van der Waals surface area contributed by atoms with Crippen LogP contribution in [0.2, 0.25) is 0 Å². The van der Waals surface area contributed by atoms with E-state index in [2.05, 4.69) is 15.5 Å². The fraction of sp³-hybridized carbons (Fsp3) is 0.682. The standard InChI is InChI=1S/C22H32FN3O/c1-16-19(23)6-5-7-20(16)25-21(27)24-12-18-14-26(13-17-8-9-17)15-22(18)10-3-2-4-11-22/h5-7,17-18H,2-4,8-15H2,1H3,(H2,24,25,27). The van der Waals surface area contributed by atoms with E-state index in [1.54, 1.807) is 19.1 Å². The predicted molar refractivity (Wildman–Crippen MR) is 106 cm³/mol. The van der Waals surface area contributed by atoms with Gasteiger partial charge in [-0.25, -0.2) is 9.18 Å². The van der Waals surface area contributed by atoms with Gasteiger partial charge in [-0.2, -0.15) is 0 Å². The average molecular weight is 374 g/mol. The number of halogens is 1. The first kappa shape index (κ1) is 18.7. The Morgan fingerprint density at radius 2 is 2.04 bits per heavy atom.